The van der Waals surface area contributed by atoms with Crippen molar-refractivity contribution >= 4 is 0 Å². The van der Waals surface area contributed by atoms with Crippen LogP contribution in [-0.2, 0) is 0 Å². The number of benzene rings is 1. The molecule has 0 spiro atoms. The molecule has 0 atom stereocenters. The van der Waals surface area contributed by atoms with Gasteiger partial charge in [0, 0.05) is 5.56 Å². The lowest BCUT2D eigenvalue weighted by atomic mass is 10.1. The fraction of sp³-hybridized carbons (Fsp3) is 0.111. The van der Waals surface area contributed by atoms with Crippen LogP contribution in [0.3, 0.4) is 0 Å². The van der Waals surface area contributed by atoms with Gasteiger partial charge in [0.25, 0.3) is 0 Å². The van der Waals surface area contributed by atoms with E-state index >= 15 is 0 Å². The molecule has 1 aromatic carbocycles. The molecule has 1 N–H and O–H groups in total. The third-order valence-electron chi connectivity index (χ3n) is 1.93. The van der Waals surface area contributed by atoms with Crippen LogP contribution in [-0.4, -0.2) is 5.16 Å². The molecule has 2 rings (SSSR count). The second-order valence-corrected chi connectivity index (χ2v) is 2.98. The summed E-state index contributed by atoms with van der Waals surface area (Å²) in [6.07, 6.45) is 0. The van der Waals surface area contributed by atoms with Gasteiger partial charge in [-0.05, 0) is 29.1 Å². The third-order valence-corrected chi connectivity index (χ3v) is 1.93. The molecule has 0 saturated heterocycles. The first-order chi connectivity index (χ1) is 6.68. The van der Waals surface area contributed by atoms with Crippen molar-refractivity contribution in [2.75, 3.05) is 0 Å². The number of nitrogens with zero attached hydrogens (tertiary/aromatic N) is 1. The lowest BCUT2D eigenvalue weighted by Crippen LogP contribution is -2.12. The molecule has 1 aromatic heterocycles. The molecule has 0 saturated carbocycles. The van der Waals surface area contributed by atoms with Gasteiger partial charge in [-0.25, -0.2) is 0 Å². The maximum atomic E-state index is 13.0. The normalized spacial score (nSPS) is 10.4. The molecular formula is C9H8FN2O2+. The van der Waals surface area contributed by atoms with Crippen LogP contribution in [0.25, 0.3) is 11.3 Å². The number of aromatic nitrogens is 2. The van der Waals surface area contributed by atoms with Crippen molar-refractivity contribution in [2.45, 2.75) is 6.92 Å². The maximum Gasteiger partial charge on any atom is 0.366 e. The number of hydrogen-bond acceptors (Lipinski definition) is 2. The topological polar surface area (TPSA) is 51.9 Å². The van der Waals surface area contributed by atoms with Crippen LogP contribution >= 0.6 is 0 Å². The van der Waals surface area contributed by atoms with Crippen LogP contribution in [0.4, 0.5) is 4.39 Å². The van der Waals surface area contributed by atoms with Crippen molar-refractivity contribution < 1.29 is 13.6 Å². The molecule has 0 aliphatic carbocycles. The first kappa shape index (κ1) is 8.68. The van der Waals surface area contributed by atoms with Gasteiger partial charge >= 0.3 is 11.6 Å². The Labute approximate surface area is 78.5 Å². The highest BCUT2D eigenvalue weighted by Gasteiger charge is 2.21. The molecule has 72 valence electrons. The summed E-state index contributed by atoms with van der Waals surface area (Å²) in [4.78, 5) is 11.0. The van der Waals surface area contributed by atoms with E-state index in [9.17, 15) is 9.30 Å². The van der Waals surface area contributed by atoms with Crippen molar-refractivity contribution in [3.63, 3.8) is 0 Å². The SMILES string of the molecule is Cc1ccc(-c2c(F)[nH]o[n+]2=O)cc1. The lowest BCUT2D eigenvalue weighted by molar-refractivity contribution is -0.704. The van der Waals surface area contributed by atoms with Crippen molar-refractivity contribution in [2.24, 2.45) is 0 Å². The minimum atomic E-state index is -0.774. The second kappa shape index (κ2) is 3.10. The predicted octanol–water partition coefficient (Wildman–Crippen LogP) is 1.64. The summed E-state index contributed by atoms with van der Waals surface area (Å²) in [5, 5.41) is 1.86. The molecule has 1 heterocycles. The molecule has 2 aromatic rings. The van der Waals surface area contributed by atoms with Gasteiger partial charge in [-0.2, -0.15) is 4.39 Å². The smallest absolute Gasteiger partial charge is 0.151 e. The molecule has 0 aliphatic rings. The second-order valence-electron chi connectivity index (χ2n) is 2.98. The zero-order valence-electron chi connectivity index (χ0n) is 7.45. The number of hydrogen-bond donors (Lipinski definition) is 1. The summed E-state index contributed by atoms with van der Waals surface area (Å²) in [5.74, 6) is -0.774. The van der Waals surface area contributed by atoms with E-state index in [1.54, 1.807) is 24.3 Å². The average molecular weight is 195 g/mol. The summed E-state index contributed by atoms with van der Waals surface area (Å²) < 4.78 is 17.4. The van der Waals surface area contributed by atoms with Crippen LogP contribution in [0.5, 0.6) is 0 Å². The highest BCUT2D eigenvalue weighted by atomic mass is 19.1. The molecule has 0 fully saturated rings. The van der Waals surface area contributed by atoms with E-state index in [-0.39, 0.29) is 10.3 Å². The first-order valence-electron chi connectivity index (χ1n) is 4.05. The number of halogens is 1. The summed E-state index contributed by atoms with van der Waals surface area (Å²) >= 11 is 0. The van der Waals surface area contributed by atoms with Crippen molar-refractivity contribution in [3.8, 4) is 11.3 Å². The molecule has 0 radical (unpaired) electrons. The summed E-state index contributed by atoms with van der Waals surface area (Å²) in [7, 11) is 0. The Morgan fingerprint density at radius 2 is 2.00 bits per heavy atom. The van der Waals surface area contributed by atoms with E-state index in [1.165, 1.54) is 0 Å². The maximum absolute atomic E-state index is 13.0. The minimum absolute atomic E-state index is 0.111. The fourth-order valence-corrected chi connectivity index (χ4v) is 1.20. The van der Waals surface area contributed by atoms with Crippen molar-refractivity contribution in [3.05, 3.63) is 40.7 Å². The Hall–Kier alpha value is -1.91. The monoisotopic (exact) mass is 195 g/mol. The van der Waals surface area contributed by atoms with Gasteiger partial charge < -0.3 is 0 Å². The largest absolute Gasteiger partial charge is 0.366 e. The summed E-state index contributed by atoms with van der Waals surface area (Å²) in [5.41, 5.74) is 1.39. The molecule has 0 aliphatic heterocycles. The number of aromatic amines is 1. The highest BCUT2D eigenvalue weighted by Crippen LogP contribution is 2.17. The third kappa shape index (κ3) is 1.32. The standard InChI is InChI=1S/C9H8FN2O2/c1-6-2-4-7(5-3-6)8-9(10)11-14-12(8)13/h2-5,11H,1H3/q+1. The van der Waals surface area contributed by atoms with Gasteiger partial charge in [0.05, 0.1) is 0 Å². The Balaban J connectivity index is 2.60. The zero-order chi connectivity index (χ0) is 10.1. The van der Waals surface area contributed by atoms with Gasteiger partial charge in [-0.3, -0.25) is 0 Å². The molecular weight excluding hydrogens is 187 g/mol. The molecule has 14 heavy (non-hydrogen) atoms. The Bertz CT molecular complexity index is 498. The van der Waals surface area contributed by atoms with Gasteiger partial charge in [0.1, 0.15) is 0 Å². The van der Waals surface area contributed by atoms with Crippen LogP contribution in [0.15, 0.2) is 28.9 Å². The predicted molar refractivity (Wildman–Crippen MR) is 46.6 cm³/mol. The Kier molecular flexibility index (Phi) is 1.92. The van der Waals surface area contributed by atoms with Gasteiger partial charge in [0.2, 0.25) is 0 Å². The summed E-state index contributed by atoms with van der Waals surface area (Å²) in [6, 6.07) is 6.90. The van der Waals surface area contributed by atoms with E-state index in [2.05, 4.69) is 4.63 Å². The Morgan fingerprint density at radius 3 is 2.50 bits per heavy atom. The van der Waals surface area contributed by atoms with Crippen LogP contribution in [0, 0.1) is 17.8 Å². The quantitative estimate of drug-likeness (QED) is 0.751. The van der Waals surface area contributed by atoms with Crippen LogP contribution in [0.2, 0.25) is 0 Å². The highest BCUT2D eigenvalue weighted by molar-refractivity contribution is 5.55. The molecule has 0 unspecified atom stereocenters. The summed E-state index contributed by atoms with van der Waals surface area (Å²) in [6.45, 7) is 1.91. The van der Waals surface area contributed by atoms with Gasteiger partial charge in [-0.1, -0.05) is 22.3 Å². The number of nitrogens with one attached hydrogen (secondary N) is 1. The Morgan fingerprint density at radius 1 is 1.36 bits per heavy atom. The van der Waals surface area contributed by atoms with E-state index in [4.69, 9.17) is 0 Å². The molecule has 5 heteroatoms. The minimum Gasteiger partial charge on any atom is -0.151 e. The number of aryl methyl sites for hydroxylation is 1. The average Bonchev–Trinajstić information content (AvgIpc) is 2.49. The van der Waals surface area contributed by atoms with E-state index < -0.39 is 5.95 Å². The number of H-pyrrole nitrogens is 1. The van der Waals surface area contributed by atoms with Crippen molar-refractivity contribution in [1.29, 1.82) is 0 Å². The zero-order valence-corrected chi connectivity index (χ0v) is 7.45. The molecule has 4 nitrogen and oxygen atoms in total. The van der Waals surface area contributed by atoms with E-state index in [0.29, 0.717) is 5.56 Å². The lowest BCUT2D eigenvalue weighted by Gasteiger charge is -1.92. The van der Waals surface area contributed by atoms with Gasteiger partial charge in [0.15, 0.2) is 4.60 Å². The van der Waals surface area contributed by atoms with E-state index in [0.717, 1.165) is 5.56 Å². The molecule has 0 amide bonds. The van der Waals surface area contributed by atoms with Crippen LogP contribution < -0.4 is 4.60 Å². The van der Waals surface area contributed by atoms with Crippen LogP contribution in [0.1, 0.15) is 5.56 Å². The first-order valence-corrected chi connectivity index (χ1v) is 4.05. The van der Waals surface area contributed by atoms with Crippen molar-refractivity contribution in [1.82, 2.24) is 5.16 Å². The fourth-order valence-electron chi connectivity index (χ4n) is 1.20. The number of rotatable bonds is 1. The molecule has 0 bridgehead atoms. The van der Waals surface area contributed by atoms with E-state index in [1.807, 2.05) is 12.1 Å². The van der Waals surface area contributed by atoms with Gasteiger partial charge in [-0.15, -0.1) is 0 Å².